The minimum absolute atomic E-state index is 0.266. The smallest absolute Gasteiger partial charge is 0.224 e. The molecule has 0 spiro atoms. The lowest BCUT2D eigenvalue weighted by atomic mass is 9.48. The molecule has 4 aliphatic carbocycles. The zero-order valence-corrected chi connectivity index (χ0v) is 28.2. The van der Waals surface area contributed by atoms with Gasteiger partial charge < -0.3 is 20.4 Å². The Morgan fingerprint density at radius 3 is 2.55 bits per heavy atom. The normalized spacial score (nSPS) is 26.7. The van der Waals surface area contributed by atoms with Crippen LogP contribution in [0.2, 0.25) is 18.1 Å². The summed E-state index contributed by atoms with van der Waals surface area (Å²) >= 11 is 1.74. The van der Waals surface area contributed by atoms with E-state index >= 15 is 0 Å². The molecule has 1 aromatic heterocycles. The SMILES string of the molecule is CSc1ccccc1CNc1ncc(C#N)c(NC[C@]23CC4C[C@H](C2)[C@@H](NCCCO[Si](C)(C)C(C)(C)C)[C@@H](C4)C3)n1. The van der Waals surface area contributed by atoms with Crippen LogP contribution >= 0.6 is 11.8 Å². The number of benzene rings is 1. The van der Waals surface area contributed by atoms with Crippen molar-refractivity contribution in [2.75, 3.05) is 36.6 Å². The maximum atomic E-state index is 9.78. The Morgan fingerprint density at radius 1 is 1.12 bits per heavy atom. The quantitative estimate of drug-likeness (QED) is 0.124. The summed E-state index contributed by atoms with van der Waals surface area (Å²) in [5.74, 6) is 3.53. The molecule has 0 saturated heterocycles. The van der Waals surface area contributed by atoms with Crippen molar-refractivity contribution in [2.45, 2.75) is 94.9 Å². The van der Waals surface area contributed by atoms with Gasteiger partial charge in [-0.05, 0) is 104 Å². The van der Waals surface area contributed by atoms with E-state index in [1.807, 2.05) is 0 Å². The van der Waals surface area contributed by atoms with E-state index in [-0.39, 0.29) is 5.04 Å². The van der Waals surface area contributed by atoms with Crippen LogP contribution in [0.15, 0.2) is 35.4 Å². The van der Waals surface area contributed by atoms with Crippen molar-refractivity contribution in [1.82, 2.24) is 15.3 Å². The standard InChI is InChI=1S/C33H50N6OSSi/c1-32(2,3)42(5,6)40-13-9-12-35-29-25-14-23-15-26(29)18-33(16-23,17-25)22-38-30-27(19-34)21-37-31(39-30)36-20-24-10-7-8-11-28(24)41-4/h7-8,10-11,21,23,25-26,29,35H,9,12-18,20,22H2,1-6H3,(H2,36,37,38,39)/t23?,25-,26+,29-,33-. The fourth-order valence-electron chi connectivity index (χ4n) is 7.61. The molecular weight excluding hydrogens is 557 g/mol. The van der Waals surface area contributed by atoms with Gasteiger partial charge in [-0.15, -0.1) is 11.8 Å². The monoisotopic (exact) mass is 606 g/mol. The molecule has 228 valence electrons. The highest BCUT2D eigenvalue weighted by Gasteiger charge is 2.55. The fraction of sp³-hybridized carbons (Fsp3) is 0.667. The zero-order chi connectivity index (χ0) is 30.0. The lowest BCUT2D eigenvalue weighted by Gasteiger charge is -2.60. The molecule has 42 heavy (non-hydrogen) atoms. The lowest BCUT2D eigenvalue weighted by molar-refractivity contribution is -0.0693. The Kier molecular flexibility index (Phi) is 9.58. The van der Waals surface area contributed by atoms with Crippen LogP contribution in [0.5, 0.6) is 0 Å². The van der Waals surface area contributed by atoms with Crippen molar-refractivity contribution in [1.29, 1.82) is 5.26 Å². The van der Waals surface area contributed by atoms with Gasteiger partial charge in [0.1, 0.15) is 17.5 Å². The van der Waals surface area contributed by atoms with Crippen LogP contribution in [-0.2, 0) is 11.0 Å². The molecule has 4 fully saturated rings. The van der Waals surface area contributed by atoms with Crippen molar-refractivity contribution < 1.29 is 4.43 Å². The maximum absolute atomic E-state index is 9.78. The van der Waals surface area contributed by atoms with E-state index in [9.17, 15) is 5.26 Å². The molecule has 4 aliphatic rings. The van der Waals surface area contributed by atoms with Crippen molar-refractivity contribution in [3.8, 4) is 6.07 Å². The van der Waals surface area contributed by atoms with Gasteiger partial charge in [0.15, 0.2) is 8.32 Å². The van der Waals surface area contributed by atoms with Crippen LogP contribution in [0.3, 0.4) is 0 Å². The van der Waals surface area contributed by atoms with E-state index in [1.165, 1.54) is 42.6 Å². The third kappa shape index (κ3) is 6.98. The first kappa shape index (κ1) is 31.3. The van der Waals surface area contributed by atoms with Gasteiger partial charge in [0, 0.05) is 30.6 Å². The molecule has 6 rings (SSSR count). The van der Waals surface area contributed by atoms with Crippen molar-refractivity contribution >= 4 is 31.8 Å². The molecule has 1 heterocycles. The molecule has 2 aromatic rings. The molecule has 5 atom stereocenters. The summed E-state index contributed by atoms with van der Waals surface area (Å²) in [6.45, 7) is 15.1. The summed E-state index contributed by atoms with van der Waals surface area (Å²) in [5.41, 5.74) is 2.02. The molecule has 0 aliphatic heterocycles. The second-order valence-corrected chi connectivity index (χ2v) is 20.2. The first-order chi connectivity index (χ1) is 20.0. The van der Waals surface area contributed by atoms with Gasteiger partial charge in [0.2, 0.25) is 5.95 Å². The third-order valence-electron chi connectivity index (χ3n) is 10.5. The predicted octanol–water partition coefficient (Wildman–Crippen LogP) is 7.29. The number of hydrogen-bond donors (Lipinski definition) is 3. The lowest BCUT2D eigenvalue weighted by Crippen LogP contribution is -2.59. The molecule has 0 radical (unpaired) electrons. The first-order valence-electron chi connectivity index (χ1n) is 15.8. The molecule has 3 N–H and O–H groups in total. The first-order valence-corrected chi connectivity index (χ1v) is 19.9. The zero-order valence-electron chi connectivity index (χ0n) is 26.4. The molecule has 4 bridgehead atoms. The summed E-state index contributed by atoms with van der Waals surface area (Å²) in [7, 11) is -1.67. The second kappa shape index (κ2) is 12.9. The van der Waals surface area contributed by atoms with Crippen LogP contribution in [-0.4, -0.2) is 50.3 Å². The maximum Gasteiger partial charge on any atom is 0.224 e. The predicted molar refractivity (Wildman–Crippen MR) is 176 cm³/mol. The van der Waals surface area contributed by atoms with Gasteiger partial charge in [-0.2, -0.15) is 10.2 Å². The van der Waals surface area contributed by atoms with Crippen molar-refractivity contribution in [2.24, 2.45) is 23.2 Å². The number of aromatic nitrogens is 2. The van der Waals surface area contributed by atoms with Gasteiger partial charge in [-0.1, -0.05) is 39.0 Å². The van der Waals surface area contributed by atoms with E-state index in [1.54, 1.807) is 18.0 Å². The van der Waals surface area contributed by atoms with Gasteiger partial charge in [0.05, 0.1) is 6.20 Å². The fourth-order valence-corrected chi connectivity index (χ4v) is 9.31. The summed E-state index contributed by atoms with van der Waals surface area (Å²) in [4.78, 5) is 10.4. The van der Waals surface area contributed by atoms with Crippen LogP contribution < -0.4 is 16.0 Å². The van der Waals surface area contributed by atoms with Crippen LogP contribution in [0.25, 0.3) is 0 Å². The highest BCUT2D eigenvalue weighted by atomic mass is 32.2. The Hall–Kier alpha value is -2.12. The second-order valence-electron chi connectivity index (χ2n) is 14.5. The molecular formula is C33H50N6OSSi. The summed E-state index contributed by atoms with van der Waals surface area (Å²) < 4.78 is 6.42. The Morgan fingerprint density at radius 2 is 1.86 bits per heavy atom. The molecule has 9 heteroatoms. The Bertz CT molecular complexity index is 1260. The highest BCUT2D eigenvalue weighted by Crippen LogP contribution is 2.60. The van der Waals surface area contributed by atoms with Gasteiger partial charge in [0.25, 0.3) is 0 Å². The van der Waals surface area contributed by atoms with E-state index in [0.29, 0.717) is 35.3 Å². The molecule has 0 amide bonds. The third-order valence-corrected chi connectivity index (χ3v) is 15.9. The molecule has 1 unspecified atom stereocenters. The number of hydrogen-bond acceptors (Lipinski definition) is 8. The molecule has 4 saturated carbocycles. The van der Waals surface area contributed by atoms with E-state index in [0.717, 1.165) is 43.9 Å². The van der Waals surface area contributed by atoms with Crippen molar-refractivity contribution in [3.05, 3.63) is 41.6 Å². The summed E-state index contributed by atoms with van der Waals surface area (Å²) in [6, 6.07) is 11.3. The number of nitrogens with zero attached hydrogens (tertiary/aromatic N) is 3. The van der Waals surface area contributed by atoms with Gasteiger partial charge in [-0.3, -0.25) is 0 Å². The number of nitrogens with one attached hydrogen (secondary N) is 3. The molecule has 7 nitrogen and oxygen atoms in total. The number of thioether (sulfide) groups is 1. The van der Waals surface area contributed by atoms with E-state index in [4.69, 9.17) is 9.41 Å². The Labute approximate surface area is 258 Å². The van der Waals surface area contributed by atoms with Gasteiger partial charge in [-0.25, -0.2) is 4.98 Å². The minimum Gasteiger partial charge on any atom is -0.417 e. The van der Waals surface area contributed by atoms with Crippen LogP contribution in [0.1, 0.15) is 70.4 Å². The van der Waals surface area contributed by atoms with Gasteiger partial charge >= 0.3 is 0 Å². The van der Waals surface area contributed by atoms with E-state index < -0.39 is 8.32 Å². The molecule has 1 aromatic carbocycles. The largest absolute Gasteiger partial charge is 0.417 e. The number of anilines is 2. The minimum atomic E-state index is -1.67. The summed E-state index contributed by atoms with van der Waals surface area (Å²) in [6.07, 6.45) is 11.4. The topological polar surface area (TPSA) is 94.9 Å². The van der Waals surface area contributed by atoms with Crippen molar-refractivity contribution in [3.63, 3.8) is 0 Å². The average molecular weight is 607 g/mol. The number of rotatable bonds is 13. The average Bonchev–Trinajstić information content (AvgIpc) is 2.95. The number of nitriles is 1. The van der Waals surface area contributed by atoms with Crippen LogP contribution in [0, 0.1) is 34.5 Å². The summed E-state index contributed by atoms with van der Waals surface area (Å²) in [5, 5.41) is 21.0. The van der Waals surface area contributed by atoms with E-state index in [2.05, 4.69) is 91.4 Å². The highest BCUT2D eigenvalue weighted by molar-refractivity contribution is 7.98. The Balaban J connectivity index is 1.15. The van der Waals surface area contributed by atoms with Crippen LogP contribution in [0.4, 0.5) is 11.8 Å².